The molecular weight excluding hydrogens is 206 g/mol. The molecule has 2 aromatic carbocycles. The lowest BCUT2D eigenvalue weighted by Gasteiger charge is -2.26. The van der Waals surface area contributed by atoms with Gasteiger partial charge in [0.25, 0.3) is 0 Å². The van der Waals surface area contributed by atoms with Gasteiger partial charge in [0.1, 0.15) is 0 Å². The molecule has 0 bridgehead atoms. The van der Waals surface area contributed by atoms with Gasteiger partial charge in [0.05, 0.1) is 0 Å². The van der Waals surface area contributed by atoms with E-state index in [-0.39, 0.29) is 0 Å². The molecule has 88 valence electrons. The van der Waals surface area contributed by atoms with Crippen molar-refractivity contribution in [2.75, 3.05) is 13.1 Å². The molecule has 0 aliphatic carbocycles. The summed E-state index contributed by atoms with van der Waals surface area (Å²) in [6.45, 7) is 6.93. The molecule has 1 atom stereocenters. The lowest BCUT2D eigenvalue weighted by atomic mass is 9.77. The fourth-order valence-electron chi connectivity index (χ4n) is 2.93. The Bertz CT molecular complexity index is 542. The molecule has 1 aliphatic rings. The SMILES string of the molecule is CC1(C)CNCC1c1ccc2ccccc2c1. The highest BCUT2D eigenvalue weighted by Crippen LogP contribution is 2.39. The van der Waals surface area contributed by atoms with E-state index in [9.17, 15) is 0 Å². The molecule has 1 heterocycles. The summed E-state index contributed by atoms with van der Waals surface area (Å²) in [6.07, 6.45) is 0. The van der Waals surface area contributed by atoms with Gasteiger partial charge in [-0.15, -0.1) is 0 Å². The fourth-order valence-corrected chi connectivity index (χ4v) is 2.93. The first-order valence-corrected chi connectivity index (χ1v) is 6.36. The van der Waals surface area contributed by atoms with Crippen LogP contribution in [0.1, 0.15) is 25.3 Å². The second-order valence-corrected chi connectivity index (χ2v) is 5.78. The van der Waals surface area contributed by atoms with Crippen LogP contribution < -0.4 is 5.32 Å². The summed E-state index contributed by atoms with van der Waals surface area (Å²) in [5, 5.41) is 6.20. The summed E-state index contributed by atoms with van der Waals surface area (Å²) in [5.74, 6) is 0.632. The Labute approximate surface area is 103 Å². The lowest BCUT2D eigenvalue weighted by Crippen LogP contribution is -2.20. The van der Waals surface area contributed by atoms with Crippen LogP contribution in [0.15, 0.2) is 42.5 Å². The smallest absolute Gasteiger partial charge is 0.00270 e. The van der Waals surface area contributed by atoms with E-state index < -0.39 is 0 Å². The summed E-state index contributed by atoms with van der Waals surface area (Å²) >= 11 is 0. The standard InChI is InChI=1S/C16H19N/c1-16(2)11-17-10-15(16)14-8-7-12-5-3-4-6-13(12)9-14/h3-9,15,17H,10-11H2,1-2H3. The maximum atomic E-state index is 3.51. The molecule has 1 aliphatic heterocycles. The van der Waals surface area contributed by atoms with Crippen molar-refractivity contribution in [3.05, 3.63) is 48.0 Å². The molecule has 17 heavy (non-hydrogen) atoms. The van der Waals surface area contributed by atoms with E-state index in [1.165, 1.54) is 16.3 Å². The van der Waals surface area contributed by atoms with E-state index >= 15 is 0 Å². The van der Waals surface area contributed by atoms with Crippen molar-refractivity contribution in [3.8, 4) is 0 Å². The molecule has 3 rings (SSSR count). The van der Waals surface area contributed by atoms with Crippen molar-refractivity contribution >= 4 is 10.8 Å². The molecular formula is C16H19N. The van der Waals surface area contributed by atoms with Crippen molar-refractivity contribution < 1.29 is 0 Å². The lowest BCUT2D eigenvalue weighted by molar-refractivity contribution is 0.363. The van der Waals surface area contributed by atoms with Crippen LogP contribution in [-0.2, 0) is 0 Å². The van der Waals surface area contributed by atoms with E-state index in [1.807, 2.05) is 0 Å². The van der Waals surface area contributed by atoms with E-state index in [1.54, 1.807) is 0 Å². The van der Waals surface area contributed by atoms with Crippen LogP contribution in [0, 0.1) is 5.41 Å². The molecule has 1 nitrogen and oxygen atoms in total. The Morgan fingerprint density at radius 2 is 1.82 bits per heavy atom. The summed E-state index contributed by atoms with van der Waals surface area (Å²) in [4.78, 5) is 0. The van der Waals surface area contributed by atoms with Crippen LogP contribution in [0.3, 0.4) is 0 Å². The Morgan fingerprint density at radius 1 is 1.06 bits per heavy atom. The topological polar surface area (TPSA) is 12.0 Å². The minimum atomic E-state index is 0.364. The van der Waals surface area contributed by atoms with Gasteiger partial charge in [0.15, 0.2) is 0 Å². The molecule has 0 amide bonds. The summed E-state index contributed by atoms with van der Waals surface area (Å²) in [6, 6.07) is 15.5. The zero-order chi connectivity index (χ0) is 11.9. The second-order valence-electron chi connectivity index (χ2n) is 5.78. The minimum Gasteiger partial charge on any atom is -0.316 e. The van der Waals surface area contributed by atoms with Gasteiger partial charge >= 0.3 is 0 Å². The van der Waals surface area contributed by atoms with Gasteiger partial charge in [-0.1, -0.05) is 56.3 Å². The average molecular weight is 225 g/mol. The average Bonchev–Trinajstić information content (AvgIpc) is 2.68. The Morgan fingerprint density at radius 3 is 2.53 bits per heavy atom. The predicted molar refractivity (Wildman–Crippen MR) is 73.3 cm³/mol. The normalized spacial score (nSPS) is 23.1. The molecule has 1 saturated heterocycles. The largest absolute Gasteiger partial charge is 0.316 e. The van der Waals surface area contributed by atoms with Gasteiger partial charge in [-0.05, 0) is 21.8 Å². The van der Waals surface area contributed by atoms with Crippen molar-refractivity contribution in [2.45, 2.75) is 19.8 Å². The number of benzene rings is 2. The van der Waals surface area contributed by atoms with Gasteiger partial charge in [-0.3, -0.25) is 0 Å². The summed E-state index contributed by atoms with van der Waals surface area (Å²) in [7, 11) is 0. The van der Waals surface area contributed by atoms with Crippen molar-refractivity contribution in [3.63, 3.8) is 0 Å². The molecule has 0 aromatic heterocycles. The molecule has 0 spiro atoms. The molecule has 1 heteroatoms. The third-order valence-electron chi connectivity index (χ3n) is 4.05. The van der Waals surface area contributed by atoms with Crippen LogP contribution in [0.2, 0.25) is 0 Å². The summed E-state index contributed by atoms with van der Waals surface area (Å²) < 4.78 is 0. The van der Waals surface area contributed by atoms with Crippen LogP contribution in [0.5, 0.6) is 0 Å². The monoisotopic (exact) mass is 225 g/mol. The molecule has 1 fully saturated rings. The van der Waals surface area contributed by atoms with E-state index in [0.717, 1.165) is 13.1 Å². The first-order valence-electron chi connectivity index (χ1n) is 6.36. The van der Waals surface area contributed by atoms with Crippen molar-refractivity contribution in [2.24, 2.45) is 5.41 Å². The third-order valence-corrected chi connectivity index (χ3v) is 4.05. The van der Waals surface area contributed by atoms with Crippen LogP contribution in [0.25, 0.3) is 10.8 Å². The zero-order valence-electron chi connectivity index (χ0n) is 10.5. The molecule has 0 radical (unpaired) electrons. The predicted octanol–water partition coefficient (Wildman–Crippen LogP) is 3.55. The van der Waals surface area contributed by atoms with Crippen LogP contribution in [0.4, 0.5) is 0 Å². The molecule has 1 unspecified atom stereocenters. The Balaban J connectivity index is 2.06. The van der Waals surface area contributed by atoms with E-state index in [4.69, 9.17) is 0 Å². The Hall–Kier alpha value is -1.34. The molecule has 0 saturated carbocycles. The highest BCUT2D eigenvalue weighted by molar-refractivity contribution is 5.83. The van der Waals surface area contributed by atoms with Gasteiger partial charge < -0.3 is 5.32 Å². The van der Waals surface area contributed by atoms with Gasteiger partial charge in [-0.2, -0.15) is 0 Å². The first kappa shape index (κ1) is 10.8. The Kier molecular flexibility index (Phi) is 2.44. The van der Waals surface area contributed by atoms with Gasteiger partial charge in [0, 0.05) is 19.0 Å². The van der Waals surface area contributed by atoms with Crippen molar-refractivity contribution in [1.82, 2.24) is 5.32 Å². The number of fused-ring (bicyclic) bond motifs is 1. The number of rotatable bonds is 1. The molecule has 1 N–H and O–H groups in total. The maximum absolute atomic E-state index is 3.51. The van der Waals surface area contributed by atoms with Crippen LogP contribution in [-0.4, -0.2) is 13.1 Å². The number of hydrogen-bond donors (Lipinski definition) is 1. The quantitative estimate of drug-likeness (QED) is 0.782. The highest BCUT2D eigenvalue weighted by Gasteiger charge is 2.35. The van der Waals surface area contributed by atoms with E-state index in [2.05, 4.69) is 61.6 Å². The van der Waals surface area contributed by atoms with E-state index in [0.29, 0.717) is 11.3 Å². The fraction of sp³-hybridized carbons (Fsp3) is 0.375. The number of nitrogens with one attached hydrogen (secondary N) is 1. The zero-order valence-corrected chi connectivity index (χ0v) is 10.5. The molecule has 2 aromatic rings. The summed E-state index contributed by atoms with van der Waals surface area (Å²) in [5.41, 5.74) is 1.83. The third kappa shape index (κ3) is 1.85. The second kappa shape index (κ2) is 3.85. The number of hydrogen-bond acceptors (Lipinski definition) is 1. The first-order chi connectivity index (χ1) is 8.17. The minimum absolute atomic E-state index is 0.364. The van der Waals surface area contributed by atoms with Gasteiger partial charge in [-0.25, -0.2) is 0 Å². The van der Waals surface area contributed by atoms with Crippen LogP contribution >= 0.6 is 0 Å². The highest BCUT2D eigenvalue weighted by atomic mass is 14.9. The van der Waals surface area contributed by atoms with Crippen molar-refractivity contribution in [1.29, 1.82) is 0 Å². The van der Waals surface area contributed by atoms with Gasteiger partial charge in [0.2, 0.25) is 0 Å². The maximum Gasteiger partial charge on any atom is 0.00270 e.